The third kappa shape index (κ3) is 4.27. The number of hydrogen-bond acceptors (Lipinski definition) is 2. The van der Waals surface area contributed by atoms with Crippen molar-refractivity contribution in [1.82, 2.24) is 9.97 Å². The van der Waals surface area contributed by atoms with Crippen LogP contribution in [0.1, 0.15) is 0 Å². The van der Waals surface area contributed by atoms with E-state index in [4.69, 9.17) is 0 Å². The van der Waals surface area contributed by atoms with Gasteiger partial charge < -0.3 is 48.0 Å². The van der Waals surface area contributed by atoms with E-state index in [1.54, 1.807) is 0 Å². The van der Waals surface area contributed by atoms with Gasteiger partial charge in [0, 0.05) is 10.8 Å². The summed E-state index contributed by atoms with van der Waals surface area (Å²) in [6.07, 6.45) is 0. The SMILES string of the molecule is [I-].[I-].[Pd+2].c1ccc2nc(-c3ccc4ccccc4n3)ccc2c1. The maximum absolute atomic E-state index is 4.69. The molecule has 5 heteroatoms. The molecule has 0 saturated heterocycles. The summed E-state index contributed by atoms with van der Waals surface area (Å²) in [7, 11) is 0. The number of fused-ring (bicyclic) bond motifs is 2. The number of aromatic nitrogens is 2. The van der Waals surface area contributed by atoms with Crippen LogP contribution in [0.25, 0.3) is 33.2 Å². The second-order valence-corrected chi connectivity index (χ2v) is 4.78. The minimum Gasteiger partial charge on any atom is -1.00 e. The average Bonchev–Trinajstić information content (AvgIpc) is 2.54. The molecular formula is C18H12I2N2Pd. The molecule has 0 saturated carbocycles. The van der Waals surface area contributed by atoms with E-state index in [1.807, 2.05) is 48.5 Å². The Hall–Kier alpha value is -0.618. The van der Waals surface area contributed by atoms with Crippen LogP contribution in [-0.4, -0.2) is 9.97 Å². The van der Waals surface area contributed by atoms with Crippen LogP contribution in [0.4, 0.5) is 0 Å². The zero-order valence-corrected chi connectivity index (χ0v) is 17.8. The zero-order chi connectivity index (χ0) is 13.4. The topological polar surface area (TPSA) is 25.8 Å². The number of para-hydroxylation sites is 2. The predicted octanol–water partition coefficient (Wildman–Crippen LogP) is -1.54. The van der Waals surface area contributed by atoms with Crippen LogP contribution in [0.5, 0.6) is 0 Å². The Kier molecular flexibility index (Phi) is 8.01. The summed E-state index contributed by atoms with van der Waals surface area (Å²) in [5.74, 6) is 0. The van der Waals surface area contributed by atoms with Crippen molar-refractivity contribution in [2.45, 2.75) is 0 Å². The molecule has 0 aliphatic rings. The van der Waals surface area contributed by atoms with Gasteiger partial charge in [0.25, 0.3) is 0 Å². The van der Waals surface area contributed by atoms with Crippen molar-refractivity contribution in [2.75, 3.05) is 0 Å². The van der Waals surface area contributed by atoms with Gasteiger partial charge in [-0.05, 0) is 24.3 Å². The second-order valence-electron chi connectivity index (χ2n) is 4.78. The molecule has 118 valence electrons. The summed E-state index contributed by atoms with van der Waals surface area (Å²) >= 11 is 0. The summed E-state index contributed by atoms with van der Waals surface area (Å²) in [4.78, 5) is 9.38. The van der Waals surface area contributed by atoms with Crippen molar-refractivity contribution >= 4 is 21.8 Å². The quantitative estimate of drug-likeness (QED) is 0.192. The van der Waals surface area contributed by atoms with Crippen LogP contribution in [0, 0.1) is 0 Å². The first-order chi connectivity index (χ1) is 9.90. The molecule has 2 heterocycles. The van der Waals surface area contributed by atoms with Crippen molar-refractivity contribution < 1.29 is 68.4 Å². The van der Waals surface area contributed by atoms with E-state index in [2.05, 4.69) is 34.2 Å². The summed E-state index contributed by atoms with van der Waals surface area (Å²) in [6, 6.07) is 24.5. The Morgan fingerprint density at radius 3 is 1.30 bits per heavy atom. The molecular weight excluding hydrogens is 604 g/mol. The van der Waals surface area contributed by atoms with E-state index >= 15 is 0 Å². The number of benzene rings is 2. The first-order valence-electron chi connectivity index (χ1n) is 6.62. The Morgan fingerprint density at radius 1 is 0.478 bits per heavy atom. The molecule has 0 bridgehead atoms. The molecule has 0 unspecified atom stereocenters. The number of nitrogens with zero attached hydrogens (tertiary/aromatic N) is 2. The Bertz CT molecular complexity index is 851. The summed E-state index contributed by atoms with van der Waals surface area (Å²) < 4.78 is 0. The molecule has 2 nitrogen and oxygen atoms in total. The van der Waals surface area contributed by atoms with Gasteiger partial charge in [-0.3, -0.25) is 0 Å². The van der Waals surface area contributed by atoms with Crippen LogP contribution in [-0.2, 0) is 20.4 Å². The van der Waals surface area contributed by atoms with Gasteiger partial charge in [0.1, 0.15) is 0 Å². The van der Waals surface area contributed by atoms with Gasteiger partial charge in [-0.25, -0.2) is 9.97 Å². The number of halogens is 2. The zero-order valence-electron chi connectivity index (χ0n) is 11.9. The molecule has 23 heavy (non-hydrogen) atoms. The van der Waals surface area contributed by atoms with Gasteiger partial charge in [-0.2, -0.15) is 0 Å². The average molecular weight is 617 g/mol. The predicted molar refractivity (Wildman–Crippen MR) is 82.5 cm³/mol. The van der Waals surface area contributed by atoms with E-state index in [1.165, 1.54) is 0 Å². The number of hydrogen-bond donors (Lipinski definition) is 0. The fourth-order valence-electron chi connectivity index (χ4n) is 2.42. The molecule has 0 aliphatic heterocycles. The van der Waals surface area contributed by atoms with E-state index in [0.717, 1.165) is 33.2 Å². The van der Waals surface area contributed by atoms with Gasteiger partial charge in [0.15, 0.2) is 0 Å². The van der Waals surface area contributed by atoms with Crippen molar-refractivity contribution in [2.24, 2.45) is 0 Å². The molecule has 4 aromatic rings. The third-order valence-corrected chi connectivity index (χ3v) is 3.46. The molecule has 2 aromatic heterocycles. The van der Waals surface area contributed by atoms with Crippen molar-refractivity contribution in [3.63, 3.8) is 0 Å². The first kappa shape index (κ1) is 20.4. The standard InChI is InChI=1S/C18H12N2.2HI.Pd/c1-3-7-15-13(5-1)9-11-17(19-15)18-12-10-14-6-2-4-8-16(14)20-18;;;/h1-12H;2*1H;/q;;;+2/p-2. The molecule has 0 fully saturated rings. The van der Waals surface area contributed by atoms with E-state index in [9.17, 15) is 0 Å². The normalized spacial score (nSPS) is 9.57. The summed E-state index contributed by atoms with van der Waals surface area (Å²) in [6.45, 7) is 0. The first-order valence-corrected chi connectivity index (χ1v) is 6.62. The van der Waals surface area contributed by atoms with E-state index in [-0.39, 0.29) is 68.4 Å². The van der Waals surface area contributed by atoms with Gasteiger partial charge in [0.2, 0.25) is 0 Å². The third-order valence-electron chi connectivity index (χ3n) is 3.46. The molecule has 0 N–H and O–H groups in total. The molecule has 0 aliphatic carbocycles. The molecule has 0 radical (unpaired) electrons. The van der Waals surface area contributed by atoms with Gasteiger partial charge in [-0.1, -0.05) is 48.5 Å². The molecule has 0 spiro atoms. The number of rotatable bonds is 1. The number of pyridine rings is 2. The summed E-state index contributed by atoms with van der Waals surface area (Å²) in [5.41, 5.74) is 3.82. The van der Waals surface area contributed by atoms with Crippen molar-refractivity contribution in [1.29, 1.82) is 0 Å². The van der Waals surface area contributed by atoms with Gasteiger partial charge in [0.05, 0.1) is 22.4 Å². The van der Waals surface area contributed by atoms with Crippen molar-refractivity contribution in [3.05, 3.63) is 72.8 Å². The smallest absolute Gasteiger partial charge is 1.00 e. The van der Waals surface area contributed by atoms with Crippen LogP contribution in [0.2, 0.25) is 0 Å². The summed E-state index contributed by atoms with van der Waals surface area (Å²) in [5, 5.41) is 2.30. The van der Waals surface area contributed by atoms with Gasteiger partial charge in [-0.15, -0.1) is 0 Å². The maximum Gasteiger partial charge on any atom is 2.00 e. The molecule has 2 aromatic carbocycles. The fraction of sp³-hybridized carbons (Fsp3) is 0. The second kappa shape index (κ2) is 9.02. The Balaban J connectivity index is 0.000000882. The Labute approximate surface area is 182 Å². The molecule has 0 amide bonds. The monoisotopic (exact) mass is 616 g/mol. The van der Waals surface area contributed by atoms with Crippen LogP contribution in [0.15, 0.2) is 72.8 Å². The molecule has 0 atom stereocenters. The van der Waals surface area contributed by atoms with Gasteiger partial charge >= 0.3 is 20.4 Å². The minimum atomic E-state index is 0. The Morgan fingerprint density at radius 2 is 0.870 bits per heavy atom. The van der Waals surface area contributed by atoms with Crippen LogP contribution < -0.4 is 48.0 Å². The van der Waals surface area contributed by atoms with E-state index in [0.29, 0.717) is 0 Å². The largest absolute Gasteiger partial charge is 2.00 e. The fourth-order valence-corrected chi connectivity index (χ4v) is 2.42. The maximum atomic E-state index is 4.69. The van der Waals surface area contributed by atoms with Crippen LogP contribution >= 0.6 is 0 Å². The van der Waals surface area contributed by atoms with Crippen molar-refractivity contribution in [3.8, 4) is 11.4 Å². The minimum absolute atomic E-state index is 0. The van der Waals surface area contributed by atoms with Crippen LogP contribution in [0.3, 0.4) is 0 Å². The van der Waals surface area contributed by atoms with E-state index < -0.39 is 0 Å². The molecule has 4 rings (SSSR count).